The Morgan fingerprint density at radius 3 is 2.54 bits per heavy atom. The molecule has 4 heteroatoms. The molecule has 2 atom stereocenters. The Labute approximate surface area is 76.5 Å². The van der Waals surface area contributed by atoms with Crippen LogP contribution in [0.15, 0.2) is 0 Å². The highest BCUT2D eigenvalue weighted by Crippen LogP contribution is 2.33. The largest absolute Gasteiger partial charge is 0.391 e. The molecule has 0 spiro atoms. The van der Waals surface area contributed by atoms with Gasteiger partial charge in [0.05, 0.1) is 12.6 Å². The van der Waals surface area contributed by atoms with E-state index >= 15 is 0 Å². The van der Waals surface area contributed by atoms with Gasteiger partial charge in [0.25, 0.3) is 5.92 Å². The van der Waals surface area contributed by atoms with E-state index in [1.807, 2.05) is 0 Å². The highest BCUT2D eigenvalue weighted by Gasteiger charge is 2.43. The summed E-state index contributed by atoms with van der Waals surface area (Å²) in [5.41, 5.74) is 0. The van der Waals surface area contributed by atoms with Crippen LogP contribution in [0.4, 0.5) is 8.78 Å². The van der Waals surface area contributed by atoms with E-state index in [1.165, 1.54) is 0 Å². The number of hydrogen-bond donors (Lipinski definition) is 1. The van der Waals surface area contributed by atoms with E-state index in [0.29, 0.717) is 6.54 Å². The Morgan fingerprint density at radius 2 is 2.08 bits per heavy atom. The van der Waals surface area contributed by atoms with Crippen molar-refractivity contribution in [2.75, 3.05) is 13.1 Å². The molecular weight excluding hydrogens is 176 g/mol. The number of aliphatic hydroxyl groups is 1. The lowest BCUT2D eigenvalue weighted by molar-refractivity contribution is -0.00107. The third kappa shape index (κ3) is 1.83. The lowest BCUT2D eigenvalue weighted by Crippen LogP contribution is -2.40. The van der Waals surface area contributed by atoms with Gasteiger partial charge in [0.15, 0.2) is 0 Å². The second kappa shape index (κ2) is 3.17. The number of aliphatic hydroxyl groups excluding tert-OH is 1. The highest BCUT2D eigenvalue weighted by molar-refractivity contribution is 4.92. The molecule has 0 radical (unpaired) electrons. The predicted molar refractivity (Wildman–Crippen MR) is 44.8 cm³/mol. The number of alkyl halides is 2. The van der Waals surface area contributed by atoms with Crippen molar-refractivity contribution in [2.45, 2.75) is 43.8 Å². The van der Waals surface area contributed by atoms with E-state index in [4.69, 9.17) is 0 Å². The van der Waals surface area contributed by atoms with Crippen LogP contribution in [0, 0.1) is 0 Å². The molecule has 0 aromatic rings. The van der Waals surface area contributed by atoms with Gasteiger partial charge in [-0.1, -0.05) is 0 Å². The zero-order valence-electron chi connectivity index (χ0n) is 7.55. The van der Waals surface area contributed by atoms with Crippen LogP contribution in [0.25, 0.3) is 0 Å². The molecule has 0 amide bonds. The molecule has 0 aromatic carbocycles. The van der Waals surface area contributed by atoms with Crippen molar-refractivity contribution in [3.05, 3.63) is 0 Å². The van der Waals surface area contributed by atoms with Gasteiger partial charge in [0.2, 0.25) is 0 Å². The molecule has 76 valence electrons. The van der Waals surface area contributed by atoms with Gasteiger partial charge in [0.1, 0.15) is 0 Å². The summed E-state index contributed by atoms with van der Waals surface area (Å²) >= 11 is 0. The number of hydrogen-bond acceptors (Lipinski definition) is 2. The molecule has 2 aliphatic rings. The fourth-order valence-corrected chi connectivity index (χ4v) is 2.39. The Hall–Kier alpha value is -0.220. The highest BCUT2D eigenvalue weighted by atomic mass is 19.3. The van der Waals surface area contributed by atoms with Crippen molar-refractivity contribution in [2.24, 2.45) is 0 Å². The third-order valence-electron chi connectivity index (χ3n) is 3.11. The van der Waals surface area contributed by atoms with Gasteiger partial charge in [-0.2, -0.15) is 0 Å². The van der Waals surface area contributed by atoms with Crippen LogP contribution in [-0.2, 0) is 0 Å². The molecule has 1 aliphatic heterocycles. The summed E-state index contributed by atoms with van der Waals surface area (Å²) in [6, 6.07) is -0.00613. The van der Waals surface area contributed by atoms with Gasteiger partial charge in [-0.05, 0) is 19.3 Å². The second-order valence-corrected chi connectivity index (χ2v) is 4.14. The van der Waals surface area contributed by atoms with Crippen molar-refractivity contribution >= 4 is 0 Å². The normalized spacial score (nSPS) is 39.9. The quantitative estimate of drug-likeness (QED) is 0.674. The van der Waals surface area contributed by atoms with Crippen molar-refractivity contribution < 1.29 is 13.9 Å². The van der Waals surface area contributed by atoms with Gasteiger partial charge < -0.3 is 5.11 Å². The summed E-state index contributed by atoms with van der Waals surface area (Å²) in [5.74, 6) is -2.53. The van der Waals surface area contributed by atoms with Crippen molar-refractivity contribution in [3.63, 3.8) is 0 Å². The molecule has 0 bridgehead atoms. The van der Waals surface area contributed by atoms with E-state index in [1.54, 1.807) is 4.90 Å². The van der Waals surface area contributed by atoms with E-state index in [-0.39, 0.29) is 25.1 Å². The van der Waals surface area contributed by atoms with Crippen LogP contribution in [-0.4, -0.2) is 41.2 Å². The summed E-state index contributed by atoms with van der Waals surface area (Å²) in [6.07, 6.45) is 2.18. The second-order valence-electron chi connectivity index (χ2n) is 4.14. The SMILES string of the molecule is O[C@H]1CCC[C@@H]1N1CCC(F)(F)C1. The molecule has 1 saturated carbocycles. The maximum absolute atomic E-state index is 12.9. The number of halogens is 2. The summed E-state index contributed by atoms with van der Waals surface area (Å²) in [6.45, 7) is 0.281. The molecule has 1 heterocycles. The topological polar surface area (TPSA) is 23.5 Å². The van der Waals surface area contributed by atoms with Crippen LogP contribution in [0.2, 0.25) is 0 Å². The maximum atomic E-state index is 12.9. The minimum atomic E-state index is -2.53. The number of nitrogens with zero attached hydrogens (tertiary/aromatic N) is 1. The van der Waals surface area contributed by atoms with Crippen LogP contribution in [0.5, 0.6) is 0 Å². The van der Waals surface area contributed by atoms with Crippen LogP contribution in [0.3, 0.4) is 0 Å². The zero-order chi connectivity index (χ0) is 9.47. The van der Waals surface area contributed by atoms with Crippen LogP contribution < -0.4 is 0 Å². The van der Waals surface area contributed by atoms with Crippen molar-refractivity contribution in [1.82, 2.24) is 4.90 Å². The zero-order valence-corrected chi connectivity index (χ0v) is 7.55. The summed E-state index contributed by atoms with van der Waals surface area (Å²) in [7, 11) is 0. The molecular formula is C9H15F2NO. The first kappa shape index (κ1) is 9.34. The first-order chi connectivity index (χ1) is 6.08. The third-order valence-corrected chi connectivity index (χ3v) is 3.11. The molecule has 2 nitrogen and oxygen atoms in total. The van der Waals surface area contributed by atoms with E-state index in [9.17, 15) is 13.9 Å². The minimum absolute atomic E-state index is 0.00613. The average Bonchev–Trinajstić information content (AvgIpc) is 2.56. The summed E-state index contributed by atoms with van der Waals surface area (Å²) < 4.78 is 25.7. The molecule has 1 N–H and O–H groups in total. The van der Waals surface area contributed by atoms with E-state index < -0.39 is 5.92 Å². The van der Waals surface area contributed by atoms with Crippen molar-refractivity contribution in [1.29, 1.82) is 0 Å². The lowest BCUT2D eigenvalue weighted by Gasteiger charge is -2.26. The van der Waals surface area contributed by atoms with Gasteiger partial charge >= 0.3 is 0 Å². The van der Waals surface area contributed by atoms with Crippen LogP contribution in [0.1, 0.15) is 25.7 Å². The first-order valence-electron chi connectivity index (χ1n) is 4.88. The molecule has 2 rings (SSSR count). The molecule has 0 unspecified atom stereocenters. The fraction of sp³-hybridized carbons (Fsp3) is 1.00. The monoisotopic (exact) mass is 191 g/mol. The standard InChI is InChI=1S/C9H15F2NO/c10-9(11)4-5-12(6-9)7-2-1-3-8(7)13/h7-8,13H,1-6H2/t7-,8-/m0/s1. The molecule has 0 aromatic heterocycles. The Morgan fingerprint density at radius 1 is 1.31 bits per heavy atom. The molecule has 2 fully saturated rings. The number of rotatable bonds is 1. The van der Waals surface area contributed by atoms with Crippen molar-refractivity contribution in [3.8, 4) is 0 Å². The Balaban J connectivity index is 1.95. The molecule has 1 aliphatic carbocycles. The first-order valence-corrected chi connectivity index (χ1v) is 4.88. The van der Waals surface area contributed by atoms with Gasteiger partial charge in [-0.15, -0.1) is 0 Å². The average molecular weight is 191 g/mol. The summed E-state index contributed by atoms with van der Waals surface area (Å²) in [4.78, 5) is 1.75. The number of likely N-dealkylation sites (tertiary alicyclic amines) is 1. The van der Waals surface area contributed by atoms with E-state index in [2.05, 4.69) is 0 Å². The lowest BCUT2D eigenvalue weighted by atomic mass is 10.2. The minimum Gasteiger partial charge on any atom is -0.391 e. The van der Waals surface area contributed by atoms with Crippen LogP contribution >= 0.6 is 0 Å². The fourth-order valence-electron chi connectivity index (χ4n) is 2.39. The molecule has 1 saturated heterocycles. The van der Waals surface area contributed by atoms with Gasteiger partial charge in [-0.25, -0.2) is 8.78 Å². The Bertz CT molecular complexity index is 198. The smallest absolute Gasteiger partial charge is 0.261 e. The molecule has 13 heavy (non-hydrogen) atoms. The summed E-state index contributed by atoms with van der Waals surface area (Å²) in [5, 5.41) is 9.53. The van der Waals surface area contributed by atoms with Gasteiger partial charge in [0, 0.05) is 19.0 Å². The Kier molecular flexibility index (Phi) is 2.28. The predicted octanol–water partition coefficient (Wildman–Crippen LogP) is 1.24. The van der Waals surface area contributed by atoms with E-state index in [0.717, 1.165) is 19.3 Å². The van der Waals surface area contributed by atoms with Gasteiger partial charge in [-0.3, -0.25) is 4.90 Å². The maximum Gasteiger partial charge on any atom is 0.261 e.